The van der Waals surface area contributed by atoms with E-state index >= 15 is 0 Å². The highest BCUT2D eigenvalue weighted by atomic mass is 16.2. The molecule has 1 aromatic rings. The summed E-state index contributed by atoms with van der Waals surface area (Å²) < 4.78 is 0. The monoisotopic (exact) mass is 223 g/mol. The van der Waals surface area contributed by atoms with Gasteiger partial charge in [-0.05, 0) is 0 Å². The van der Waals surface area contributed by atoms with E-state index in [1.807, 2.05) is 0 Å². The molecule has 0 radical (unpaired) electrons. The molecule has 1 N–H and O–H groups in total. The van der Waals surface area contributed by atoms with Gasteiger partial charge in [0, 0.05) is 33.1 Å². The molecule has 0 saturated carbocycles. The molecule has 0 aliphatic carbocycles. The van der Waals surface area contributed by atoms with Gasteiger partial charge in [-0.1, -0.05) is 0 Å². The van der Waals surface area contributed by atoms with Crippen molar-refractivity contribution in [3.63, 3.8) is 0 Å². The average Bonchev–Trinajstić information content (AvgIpc) is 2.81. The summed E-state index contributed by atoms with van der Waals surface area (Å²) >= 11 is 0. The maximum absolute atomic E-state index is 11.8. The van der Waals surface area contributed by atoms with E-state index in [1.165, 1.54) is 13.3 Å². The second-order valence-electron chi connectivity index (χ2n) is 3.63. The van der Waals surface area contributed by atoms with E-state index in [9.17, 15) is 9.59 Å². The molecule has 1 saturated heterocycles. The van der Waals surface area contributed by atoms with Crippen molar-refractivity contribution >= 4 is 11.8 Å². The number of nitrogens with zero attached hydrogens (tertiary/aromatic N) is 4. The van der Waals surface area contributed by atoms with Gasteiger partial charge in [-0.15, -0.1) is 0 Å². The first kappa shape index (κ1) is 10.6. The lowest BCUT2D eigenvalue weighted by Gasteiger charge is -2.33. The van der Waals surface area contributed by atoms with Crippen LogP contribution in [0.4, 0.5) is 0 Å². The van der Waals surface area contributed by atoms with Gasteiger partial charge in [0.2, 0.25) is 11.7 Å². The number of piperazine rings is 1. The Morgan fingerprint density at radius 3 is 2.38 bits per heavy atom. The Labute approximate surface area is 92.4 Å². The second-order valence-corrected chi connectivity index (χ2v) is 3.63. The molecule has 0 aromatic carbocycles. The van der Waals surface area contributed by atoms with Crippen molar-refractivity contribution in [1.82, 2.24) is 25.0 Å². The molecule has 1 aromatic heterocycles. The van der Waals surface area contributed by atoms with Gasteiger partial charge in [0.05, 0.1) is 0 Å². The number of rotatable bonds is 1. The molecule has 0 atom stereocenters. The third-order valence-electron chi connectivity index (χ3n) is 2.63. The zero-order chi connectivity index (χ0) is 11.5. The molecular weight excluding hydrogens is 210 g/mol. The Bertz CT molecular complexity index is 381. The number of amides is 2. The minimum atomic E-state index is -0.166. The van der Waals surface area contributed by atoms with Crippen molar-refractivity contribution < 1.29 is 9.59 Å². The molecular formula is C9H13N5O2. The number of aromatic amines is 1. The Balaban J connectivity index is 1.94. The summed E-state index contributed by atoms with van der Waals surface area (Å²) in [5.41, 5.74) is 0. The number of nitrogens with one attached hydrogen (secondary N) is 1. The minimum Gasteiger partial charge on any atom is -0.339 e. The number of H-pyrrole nitrogens is 1. The van der Waals surface area contributed by atoms with Gasteiger partial charge in [-0.25, -0.2) is 4.98 Å². The quantitative estimate of drug-likeness (QED) is 0.669. The molecule has 2 amide bonds. The van der Waals surface area contributed by atoms with Crippen LogP contribution in [0.2, 0.25) is 0 Å². The molecule has 2 heterocycles. The number of aromatic nitrogens is 3. The standard InChI is InChI=1S/C9H13N5O2/c1-7(15)13-2-4-14(5-3-13)9(16)8-10-6-11-12-8/h6H,2-5H2,1H3,(H,10,11,12). The van der Waals surface area contributed by atoms with Gasteiger partial charge < -0.3 is 9.80 Å². The molecule has 86 valence electrons. The fourth-order valence-electron chi connectivity index (χ4n) is 1.68. The van der Waals surface area contributed by atoms with Crippen molar-refractivity contribution in [2.24, 2.45) is 0 Å². The van der Waals surface area contributed by atoms with E-state index in [1.54, 1.807) is 9.80 Å². The van der Waals surface area contributed by atoms with Gasteiger partial charge in [0.1, 0.15) is 6.33 Å². The molecule has 0 bridgehead atoms. The Morgan fingerprint density at radius 1 is 1.25 bits per heavy atom. The lowest BCUT2D eigenvalue weighted by Crippen LogP contribution is -2.50. The van der Waals surface area contributed by atoms with Crippen molar-refractivity contribution in [2.75, 3.05) is 26.2 Å². The van der Waals surface area contributed by atoms with E-state index in [0.717, 1.165) is 0 Å². The third-order valence-corrected chi connectivity index (χ3v) is 2.63. The fraction of sp³-hybridized carbons (Fsp3) is 0.556. The summed E-state index contributed by atoms with van der Waals surface area (Å²) in [5.74, 6) is 0.128. The van der Waals surface area contributed by atoms with Crippen molar-refractivity contribution in [3.8, 4) is 0 Å². The smallest absolute Gasteiger partial charge is 0.291 e. The van der Waals surface area contributed by atoms with E-state index in [4.69, 9.17) is 0 Å². The Kier molecular flexibility index (Phi) is 2.84. The number of hydrogen-bond donors (Lipinski definition) is 1. The van der Waals surface area contributed by atoms with E-state index in [2.05, 4.69) is 15.2 Å². The van der Waals surface area contributed by atoms with Gasteiger partial charge in [-0.3, -0.25) is 14.7 Å². The average molecular weight is 223 g/mol. The van der Waals surface area contributed by atoms with Crippen LogP contribution in [-0.2, 0) is 4.79 Å². The Hall–Kier alpha value is -1.92. The van der Waals surface area contributed by atoms with Crippen LogP contribution >= 0.6 is 0 Å². The van der Waals surface area contributed by atoms with Gasteiger partial charge >= 0.3 is 0 Å². The van der Waals surface area contributed by atoms with Crippen molar-refractivity contribution in [3.05, 3.63) is 12.2 Å². The number of carbonyl (C=O) groups excluding carboxylic acids is 2. The predicted octanol–water partition coefficient (Wildman–Crippen LogP) is -0.891. The summed E-state index contributed by atoms with van der Waals surface area (Å²) in [6, 6.07) is 0. The molecule has 16 heavy (non-hydrogen) atoms. The highest BCUT2D eigenvalue weighted by Gasteiger charge is 2.24. The summed E-state index contributed by atoms with van der Waals surface area (Å²) in [6.07, 6.45) is 1.30. The zero-order valence-corrected chi connectivity index (χ0v) is 9.01. The van der Waals surface area contributed by atoms with Gasteiger partial charge in [0.25, 0.3) is 5.91 Å². The van der Waals surface area contributed by atoms with Gasteiger partial charge in [0.15, 0.2) is 0 Å². The molecule has 2 rings (SSSR count). The molecule has 1 aliphatic rings. The largest absolute Gasteiger partial charge is 0.339 e. The van der Waals surface area contributed by atoms with Crippen molar-refractivity contribution in [2.45, 2.75) is 6.92 Å². The van der Waals surface area contributed by atoms with E-state index in [-0.39, 0.29) is 17.6 Å². The molecule has 0 unspecified atom stereocenters. The summed E-state index contributed by atoms with van der Waals surface area (Å²) in [7, 11) is 0. The summed E-state index contributed by atoms with van der Waals surface area (Å²) in [6.45, 7) is 3.77. The predicted molar refractivity (Wildman–Crippen MR) is 54.5 cm³/mol. The van der Waals surface area contributed by atoms with Gasteiger partial charge in [-0.2, -0.15) is 5.10 Å². The fourth-order valence-corrected chi connectivity index (χ4v) is 1.68. The van der Waals surface area contributed by atoms with Crippen LogP contribution in [0, 0.1) is 0 Å². The lowest BCUT2D eigenvalue weighted by atomic mass is 10.3. The van der Waals surface area contributed by atoms with E-state index in [0.29, 0.717) is 26.2 Å². The van der Waals surface area contributed by atoms with Crippen molar-refractivity contribution in [1.29, 1.82) is 0 Å². The first-order valence-electron chi connectivity index (χ1n) is 5.08. The second kappa shape index (κ2) is 4.30. The number of carbonyl (C=O) groups is 2. The zero-order valence-electron chi connectivity index (χ0n) is 9.01. The molecule has 1 fully saturated rings. The van der Waals surface area contributed by atoms with Crippen LogP contribution in [0.5, 0.6) is 0 Å². The maximum Gasteiger partial charge on any atom is 0.291 e. The minimum absolute atomic E-state index is 0.0479. The molecule has 7 nitrogen and oxygen atoms in total. The van der Waals surface area contributed by atoms with Crippen LogP contribution < -0.4 is 0 Å². The van der Waals surface area contributed by atoms with Crippen LogP contribution in [0.3, 0.4) is 0 Å². The first-order chi connectivity index (χ1) is 7.68. The van der Waals surface area contributed by atoms with Crippen LogP contribution in [-0.4, -0.2) is 63.0 Å². The van der Waals surface area contributed by atoms with E-state index < -0.39 is 0 Å². The Morgan fingerprint density at radius 2 is 1.88 bits per heavy atom. The first-order valence-corrected chi connectivity index (χ1v) is 5.08. The third kappa shape index (κ3) is 2.02. The van der Waals surface area contributed by atoms with Crippen LogP contribution in [0.1, 0.15) is 17.5 Å². The lowest BCUT2D eigenvalue weighted by molar-refractivity contribution is -0.130. The highest BCUT2D eigenvalue weighted by molar-refractivity contribution is 5.90. The summed E-state index contributed by atoms with van der Waals surface area (Å²) in [5, 5.41) is 6.17. The van der Waals surface area contributed by atoms with Crippen LogP contribution in [0.15, 0.2) is 6.33 Å². The molecule has 7 heteroatoms. The topological polar surface area (TPSA) is 82.2 Å². The normalized spacial score (nSPS) is 16.3. The SMILES string of the molecule is CC(=O)N1CCN(C(=O)c2ncn[nH]2)CC1. The molecule has 0 spiro atoms. The highest BCUT2D eigenvalue weighted by Crippen LogP contribution is 2.05. The van der Waals surface area contributed by atoms with Crippen LogP contribution in [0.25, 0.3) is 0 Å². The summed E-state index contributed by atoms with van der Waals surface area (Å²) in [4.78, 5) is 30.1. The maximum atomic E-state index is 11.8. The molecule has 1 aliphatic heterocycles. The number of hydrogen-bond acceptors (Lipinski definition) is 4.